The molecule has 4 rings (SSSR count). The summed E-state index contributed by atoms with van der Waals surface area (Å²) in [5.74, 6) is 0.173. The van der Waals surface area contributed by atoms with Gasteiger partial charge in [0.25, 0.3) is 5.91 Å². The third-order valence-electron chi connectivity index (χ3n) is 4.47. The highest BCUT2D eigenvalue weighted by atomic mass is 19.1. The molecule has 4 nitrogen and oxygen atoms in total. The molecular formula is C21H17FN2O2. The molecule has 1 amide bonds. The molecule has 26 heavy (non-hydrogen) atoms. The number of nitrogens with one attached hydrogen (secondary N) is 1. The number of methoxy groups -OCH3 is 1. The lowest BCUT2D eigenvalue weighted by molar-refractivity contribution is 0.0974. The number of hydrogen-bond donors (Lipinski definition) is 1. The van der Waals surface area contributed by atoms with Crippen molar-refractivity contribution in [3.8, 4) is 5.75 Å². The molecule has 0 saturated heterocycles. The quantitative estimate of drug-likeness (QED) is 0.752. The van der Waals surface area contributed by atoms with Gasteiger partial charge in [0.05, 0.1) is 12.7 Å². The van der Waals surface area contributed by atoms with Crippen LogP contribution in [0.3, 0.4) is 0 Å². The molecule has 1 aliphatic rings. The number of para-hydroxylation sites is 2. The number of nitrogens with zero attached hydrogens (tertiary/aromatic N) is 1. The topological polar surface area (TPSA) is 41.6 Å². The summed E-state index contributed by atoms with van der Waals surface area (Å²) in [7, 11) is 1.60. The van der Waals surface area contributed by atoms with Crippen LogP contribution in [0.15, 0.2) is 72.8 Å². The minimum atomic E-state index is -0.473. The van der Waals surface area contributed by atoms with Gasteiger partial charge in [0, 0.05) is 16.9 Å². The first-order chi connectivity index (χ1) is 12.7. The van der Waals surface area contributed by atoms with Gasteiger partial charge < -0.3 is 10.1 Å². The van der Waals surface area contributed by atoms with Crippen molar-refractivity contribution in [2.75, 3.05) is 17.3 Å². The van der Waals surface area contributed by atoms with Crippen molar-refractivity contribution in [1.29, 1.82) is 0 Å². The third-order valence-corrected chi connectivity index (χ3v) is 4.47. The van der Waals surface area contributed by atoms with Gasteiger partial charge in [-0.15, -0.1) is 0 Å². The summed E-state index contributed by atoms with van der Waals surface area (Å²) in [6, 6.07) is 20.8. The first kappa shape index (κ1) is 16.1. The summed E-state index contributed by atoms with van der Waals surface area (Å²) in [5, 5.41) is 3.41. The van der Waals surface area contributed by atoms with Crippen molar-refractivity contribution >= 4 is 17.3 Å². The molecule has 1 heterocycles. The van der Waals surface area contributed by atoms with Crippen LogP contribution in [0.5, 0.6) is 5.75 Å². The number of ether oxygens (including phenoxy) is 1. The van der Waals surface area contributed by atoms with E-state index in [1.54, 1.807) is 30.2 Å². The van der Waals surface area contributed by atoms with Crippen LogP contribution in [0, 0.1) is 5.82 Å². The van der Waals surface area contributed by atoms with Crippen LogP contribution in [-0.2, 0) is 0 Å². The van der Waals surface area contributed by atoms with E-state index in [4.69, 9.17) is 4.74 Å². The van der Waals surface area contributed by atoms with Gasteiger partial charge in [0.1, 0.15) is 17.7 Å². The molecule has 0 unspecified atom stereocenters. The lowest BCUT2D eigenvalue weighted by Gasteiger charge is -2.38. The molecule has 0 aliphatic carbocycles. The molecule has 3 aromatic carbocycles. The van der Waals surface area contributed by atoms with Crippen molar-refractivity contribution in [2.24, 2.45) is 0 Å². The van der Waals surface area contributed by atoms with Crippen molar-refractivity contribution in [3.05, 3.63) is 89.7 Å². The minimum Gasteiger partial charge on any atom is -0.496 e. The average molecular weight is 348 g/mol. The number of carbonyl (C=O) groups excluding carboxylic acids is 1. The lowest BCUT2D eigenvalue weighted by Crippen LogP contribution is -2.43. The zero-order chi connectivity index (χ0) is 18.1. The highest BCUT2D eigenvalue weighted by molar-refractivity contribution is 6.12. The van der Waals surface area contributed by atoms with E-state index in [0.717, 1.165) is 11.3 Å². The summed E-state index contributed by atoms with van der Waals surface area (Å²) < 4.78 is 18.9. The maximum Gasteiger partial charge on any atom is 0.262 e. The molecule has 0 spiro atoms. The Balaban J connectivity index is 1.89. The Morgan fingerprint density at radius 3 is 2.42 bits per heavy atom. The fraction of sp³-hybridized carbons (Fsp3) is 0.0952. The van der Waals surface area contributed by atoms with E-state index >= 15 is 0 Å². The van der Waals surface area contributed by atoms with Gasteiger partial charge >= 0.3 is 0 Å². The minimum absolute atomic E-state index is 0.151. The van der Waals surface area contributed by atoms with Crippen LogP contribution >= 0.6 is 0 Å². The van der Waals surface area contributed by atoms with Crippen molar-refractivity contribution in [2.45, 2.75) is 6.17 Å². The molecule has 1 N–H and O–H groups in total. The predicted molar refractivity (Wildman–Crippen MR) is 99.0 cm³/mol. The van der Waals surface area contributed by atoms with Crippen LogP contribution in [0.1, 0.15) is 22.1 Å². The van der Waals surface area contributed by atoms with Gasteiger partial charge in [-0.3, -0.25) is 9.69 Å². The molecule has 1 aliphatic heterocycles. The third kappa shape index (κ3) is 2.67. The van der Waals surface area contributed by atoms with E-state index in [2.05, 4.69) is 5.32 Å². The number of anilines is 2. The first-order valence-corrected chi connectivity index (χ1v) is 8.26. The smallest absolute Gasteiger partial charge is 0.262 e. The summed E-state index contributed by atoms with van der Waals surface area (Å²) in [6.07, 6.45) is -0.473. The second-order valence-corrected chi connectivity index (χ2v) is 5.99. The van der Waals surface area contributed by atoms with E-state index in [1.165, 1.54) is 12.1 Å². The number of fused-ring (bicyclic) bond motifs is 1. The monoisotopic (exact) mass is 348 g/mol. The molecule has 0 saturated carbocycles. The average Bonchev–Trinajstić information content (AvgIpc) is 2.69. The molecule has 5 heteroatoms. The number of benzene rings is 3. The molecule has 0 aromatic heterocycles. The van der Waals surface area contributed by atoms with Crippen LogP contribution in [0.4, 0.5) is 15.8 Å². The second kappa shape index (κ2) is 6.52. The fourth-order valence-electron chi connectivity index (χ4n) is 3.23. The highest BCUT2D eigenvalue weighted by Gasteiger charge is 2.35. The standard InChI is InChI=1S/C21H17FN2O2/c1-26-19-9-5-3-7-17(19)20-23-18-8-4-2-6-16(18)21(25)24(20)15-12-10-14(22)11-13-15/h2-13,20,23H,1H3/t20-/m0/s1. The molecule has 1 atom stereocenters. The van der Waals surface area contributed by atoms with Gasteiger partial charge in [0.15, 0.2) is 0 Å². The Bertz CT molecular complexity index is 956. The Morgan fingerprint density at radius 2 is 1.65 bits per heavy atom. The molecule has 0 bridgehead atoms. The van der Waals surface area contributed by atoms with Crippen LogP contribution < -0.4 is 15.0 Å². The highest BCUT2D eigenvalue weighted by Crippen LogP contribution is 2.39. The zero-order valence-corrected chi connectivity index (χ0v) is 14.1. The summed E-state index contributed by atoms with van der Waals surface area (Å²) in [5.41, 5.74) is 2.76. The predicted octanol–water partition coefficient (Wildman–Crippen LogP) is 4.61. The van der Waals surface area contributed by atoms with E-state index in [1.807, 2.05) is 42.5 Å². The van der Waals surface area contributed by atoms with Gasteiger partial charge in [-0.2, -0.15) is 0 Å². The molecule has 0 fully saturated rings. The van der Waals surface area contributed by atoms with E-state index < -0.39 is 6.17 Å². The summed E-state index contributed by atoms with van der Waals surface area (Å²) >= 11 is 0. The van der Waals surface area contributed by atoms with E-state index in [-0.39, 0.29) is 11.7 Å². The van der Waals surface area contributed by atoms with Crippen LogP contribution in [0.2, 0.25) is 0 Å². The maximum absolute atomic E-state index is 13.4. The van der Waals surface area contributed by atoms with Gasteiger partial charge in [-0.05, 0) is 42.5 Å². The van der Waals surface area contributed by atoms with Crippen molar-refractivity contribution < 1.29 is 13.9 Å². The lowest BCUT2D eigenvalue weighted by atomic mass is 10.0. The Hall–Kier alpha value is -3.34. The van der Waals surface area contributed by atoms with Gasteiger partial charge in [-0.1, -0.05) is 30.3 Å². The molecule has 3 aromatic rings. The molecule has 0 radical (unpaired) electrons. The van der Waals surface area contributed by atoms with E-state index in [0.29, 0.717) is 17.0 Å². The number of rotatable bonds is 3. The number of hydrogen-bond acceptors (Lipinski definition) is 3. The van der Waals surface area contributed by atoms with Gasteiger partial charge in [0.2, 0.25) is 0 Å². The van der Waals surface area contributed by atoms with Crippen LogP contribution in [0.25, 0.3) is 0 Å². The Labute approximate surface area is 150 Å². The Kier molecular flexibility index (Phi) is 4.05. The van der Waals surface area contributed by atoms with E-state index in [9.17, 15) is 9.18 Å². The number of amides is 1. The second-order valence-electron chi connectivity index (χ2n) is 5.99. The Morgan fingerprint density at radius 1 is 0.962 bits per heavy atom. The zero-order valence-electron chi connectivity index (χ0n) is 14.1. The van der Waals surface area contributed by atoms with Crippen LogP contribution in [-0.4, -0.2) is 13.0 Å². The molecular weight excluding hydrogens is 331 g/mol. The van der Waals surface area contributed by atoms with Gasteiger partial charge in [-0.25, -0.2) is 4.39 Å². The van der Waals surface area contributed by atoms with Crippen molar-refractivity contribution in [1.82, 2.24) is 0 Å². The summed E-state index contributed by atoms with van der Waals surface area (Å²) in [4.78, 5) is 14.9. The largest absolute Gasteiger partial charge is 0.496 e. The molecule has 130 valence electrons. The first-order valence-electron chi connectivity index (χ1n) is 8.26. The normalized spacial score (nSPS) is 16.0. The number of carbonyl (C=O) groups is 1. The maximum atomic E-state index is 13.4. The van der Waals surface area contributed by atoms with Crippen molar-refractivity contribution in [3.63, 3.8) is 0 Å². The number of halogens is 1. The summed E-state index contributed by atoms with van der Waals surface area (Å²) in [6.45, 7) is 0. The SMILES string of the molecule is COc1ccccc1[C@H]1Nc2ccccc2C(=O)N1c1ccc(F)cc1. The fourth-order valence-corrected chi connectivity index (χ4v) is 3.23.